The molecule has 0 bridgehead atoms. The summed E-state index contributed by atoms with van der Waals surface area (Å²) in [6.07, 6.45) is 1.86. The monoisotopic (exact) mass is 374 g/mol. The first-order chi connectivity index (χ1) is 11.3. The number of aliphatic hydroxyl groups excluding tert-OH is 1. The third-order valence-corrected chi connectivity index (χ3v) is 4.87. The molecule has 0 amide bonds. The lowest BCUT2D eigenvalue weighted by Crippen LogP contribution is -2.39. The fraction of sp³-hybridized carbons (Fsp3) is 0.471. The van der Waals surface area contributed by atoms with Crippen molar-refractivity contribution in [3.63, 3.8) is 0 Å². The number of aromatic nitrogens is 1. The zero-order valence-electron chi connectivity index (χ0n) is 13.1. The van der Waals surface area contributed by atoms with Crippen LogP contribution in [0.4, 0.5) is 8.78 Å². The first-order valence-corrected chi connectivity index (χ1v) is 8.62. The van der Waals surface area contributed by atoms with Crippen LogP contribution in [-0.2, 0) is 5.92 Å². The fourth-order valence-corrected chi connectivity index (χ4v) is 3.65. The summed E-state index contributed by atoms with van der Waals surface area (Å²) in [6.45, 7) is 1.57. The smallest absolute Gasteiger partial charge is 0.287 e. The Balaban J connectivity index is 2.19. The van der Waals surface area contributed by atoms with Gasteiger partial charge >= 0.3 is 0 Å². The van der Waals surface area contributed by atoms with Crippen LogP contribution in [0, 0.1) is 0 Å². The van der Waals surface area contributed by atoms with Gasteiger partial charge in [-0.3, -0.25) is 0 Å². The molecule has 2 unspecified atom stereocenters. The lowest BCUT2D eigenvalue weighted by Gasteiger charge is -2.29. The Morgan fingerprint density at radius 3 is 2.67 bits per heavy atom. The summed E-state index contributed by atoms with van der Waals surface area (Å²) < 4.78 is 27.7. The van der Waals surface area contributed by atoms with Crippen molar-refractivity contribution in [3.8, 4) is 0 Å². The Labute approximate surface area is 149 Å². The zero-order chi connectivity index (χ0) is 17.5. The Morgan fingerprint density at radius 2 is 2.04 bits per heavy atom. The molecule has 24 heavy (non-hydrogen) atoms. The lowest BCUT2D eigenvalue weighted by atomic mass is 9.92. The average Bonchev–Trinajstić information content (AvgIpc) is 2.53. The van der Waals surface area contributed by atoms with Crippen LogP contribution in [0.5, 0.6) is 0 Å². The third-order valence-electron chi connectivity index (χ3n) is 4.36. The predicted molar refractivity (Wildman–Crippen MR) is 91.9 cm³/mol. The van der Waals surface area contributed by atoms with Gasteiger partial charge in [0, 0.05) is 23.4 Å². The zero-order valence-corrected chi connectivity index (χ0v) is 14.6. The summed E-state index contributed by atoms with van der Waals surface area (Å²) in [5.74, 6) is -3.13. The molecule has 1 aromatic heterocycles. The van der Waals surface area contributed by atoms with Gasteiger partial charge in [-0.05, 0) is 43.1 Å². The quantitative estimate of drug-likeness (QED) is 0.808. The van der Waals surface area contributed by atoms with Gasteiger partial charge in [0.15, 0.2) is 0 Å². The maximum absolute atomic E-state index is 13.9. The molecule has 0 aliphatic carbocycles. The number of rotatable bonds is 3. The predicted octanol–water partition coefficient (Wildman–Crippen LogP) is 4.83. The maximum Gasteiger partial charge on any atom is 0.287 e. The van der Waals surface area contributed by atoms with Crippen molar-refractivity contribution in [2.75, 3.05) is 6.54 Å². The van der Waals surface area contributed by atoms with Crippen molar-refractivity contribution >= 4 is 34.1 Å². The molecule has 0 radical (unpaired) electrons. The largest absolute Gasteiger partial charge is 0.387 e. The minimum atomic E-state index is -3.13. The summed E-state index contributed by atoms with van der Waals surface area (Å²) in [7, 11) is 0. The molecule has 1 aromatic carbocycles. The van der Waals surface area contributed by atoms with Crippen LogP contribution in [0.15, 0.2) is 18.2 Å². The van der Waals surface area contributed by atoms with Gasteiger partial charge in [0.1, 0.15) is 5.69 Å². The van der Waals surface area contributed by atoms with Crippen LogP contribution in [0.3, 0.4) is 0 Å². The number of benzene rings is 1. The van der Waals surface area contributed by atoms with E-state index in [0.717, 1.165) is 32.7 Å². The number of halogens is 4. The highest BCUT2D eigenvalue weighted by Crippen LogP contribution is 2.37. The second-order valence-corrected chi connectivity index (χ2v) is 7.11. The van der Waals surface area contributed by atoms with Gasteiger partial charge in [-0.1, -0.05) is 29.6 Å². The van der Waals surface area contributed by atoms with Crippen LogP contribution in [-0.4, -0.2) is 22.7 Å². The van der Waals surface area contributed by atoms with E-state index in [4.69, 9.17) is 23.2 Å². The molecule has 2 heterocycles. The number of hydrogen-bond acceptors (Lipinski definition) is 3. The Morgan fingerprint density at radius 1 is 1.29 bits per heavy atom. The van der Waals surface area contributed by atoms with Crippen molar-refractivity contribution < 1.29 is 13.9 Å². The molecular formula is C17H18Cl2F2N2O. The van der Waals surface area contributed by atoms with E-state index >= 15 is 0 Å². The van der Waals surface area contributed by atoms with Gasteiger partial charge in [0.25, 0.3) is 5.92 Å². The Kier molecular flexibility index (Phi) is 4.98. The highest BCUT2D eigenvalue weighted by molar-refractivity contribution is 6.38. The molecule has 7 heteroatoms. The van der Waals surface area contributed by atoms with Crippen LogP contribution >= 0.6 is 23.2 Å². The molecule has 2 aromatic rings. The number of pyridine rings is 1. The van der Waals surface area contributed by atoms with Crippen molar-refractivity contribution in [2.24, 2.45) is 0 Å². The summed E-state index contributed by atoms with van der Waals surface area (Å²) in [5.41, 5.74) is 0.189. The molecule has 0 spiro atoms. The summed E-state index contributed by atoms with van der Waals surface area (Å²) in [6, 6.07) is 4.14. The highest BCUT2D eigenvalue weighted by atomic mass is 35.5. The van der Waals surface area contributed by atoms with E-state index in [2.05, 4.69) is 10.3 Å². The minimum Gasteiger partial charge on any atom is -0.387 e. The molecule has 2 atom stereocenters. The van der Waals surface area contributed by atoms with Crippen molar-refractivity contribution in [3.05, 3.63) is 39.5 Å². The maximum atomic E-state index is 13.9. The van der Waals surface area contributed by atoms with Crippen LogP contribution in [0.2, 0.25) is 10.0 Å². The minimum absolute atomic E-state index is 0.189. The molecule has 1 aliphatic heterocycles. The van der Waals surface area contributed by atoms with Crippen molar-refractivity contribution in [1.82, 2.24) is 10.3 Å². The molecule has 2 N–H and O–H groups in total. The number of fused-ring (bicyclic) bond motifs is 1. The van der Waals surface area contributed by atoms with E-state index in [-0.39, 0.29) is 16.6 Å². The molecule has 130 valence electrons. The molecule has 1 fully saturated rings. The van der Waals surface area contributed by atoms with E-state index in [1.165, 1.54) is 12.1 Å². The first kappa shape index (κ1) is 17.8. The van der Waals surface area contributed by atoms with Crippen LogP contribution < -0.4 is 5.32 Å². The normalized spacial score (nSPS) is 20.3. The van der Waals surface area contributed by atoms with Gasteiger partial charge < -0.3 is 10.4 Å². The van der Waals surface area contributed by atoms with E-state index < -0.39 is 17.7 Å². The van der Waals surface area contributed by atoms with E-state index in [0.29, 0.717) is 16.0 Å². The van der Waals surface area contributed by atoms with Gasteiger partial charge in [-0.15, -0.1) is 0 Å². The molecule has 3 rings (SSSR count). The number of piperidine rings is 1. The van der Waals surface area contributed by atoms with Gasteiger partial charge in [-0.25, -0.2) is 4.98 Å². The molecule has 1 saturated heterocycles. The standard InChI is InChI=1S/C17H18Cl2F2N2O/c1-17(20,21)14-8-11(16(24)13-4-2-3-5-22-13)10-6-9(18)7-12(19)15(10)23-14/h6-8,13,16,22,24H,2-5H2,1H3. The topological polar surface area (TPSA) is 45.1 Å². The number of aliphatic hydroxyl groups is 1. The summed E-state index contributed by atoms with van der Waals surface area (Å²) in [4.78, 5) is 4.00. The van der Waals surface area contributed by atoms with Crippen LogP contribution in [0.1, 0.15) is 43.5 Å². The van der Waals surface area contributed by atoms with Crippen LogP contribution in [0.25, 0.3) is 10.9 Å². The van der Waals surface area contributed by atoms with Crippen molar-refractivity contribution in [1.29, 1.82) is 0 Å². The van der Waals surface area contributed by atoms with E-state index in [1.54, 1.807) is 6.07 Å². The Hall–Kier alpha value is -1.01. The van der Waals surface area contributed by atoms with Gasteiger partial charge in [0.2, 0.25) is 0 Å². The number of alkyl halides is 2. The Bertz CT molecular complexity index is 758. The second-order valence-electron chi connectivity index (χ2n) is 6.27. The summed E-state index contributed by atoms with van der Waals surface area (Å²) >= 11 is 12.2. The summed E-state index contributed by atoms with van der Waals surface area (Å²) in [5, 5.41) is 15.1. The van der Waals surface area contributed by atoms with Crippen molar-refractivity contribution in [2.45, 2.75) is 44.3 Å². The molecule has 3 nitrogen and oxygen atoms in total. The molecular weight excluding hydrogens is 357 g/mol. The number of nitrogens with zero attached hydrogens (tertiary/aromatic N) is 1. The lowest BCUT2D eigenvalue weighted by molar-refractivity contribution is 0.0127. The molecule has 0 saturated carbocycles. The average molecular weight is 375 g/mol. The first-order valence-electron chi connectivity index (χ1n) is 7.87. The molecule has 1 aliphatic rings. The SMILES string of the molecule is CC(F)(F)c1cc(C(O)C2CCCCN2)c2cc(Cl)cc(Cl)c2n1. The number of hydrogen-bond donors (Lipinski definition) is 2. The van der Waals surface area contributed by atoms with Gasteiger partial charge in [-0.2, -0.15) is 8.78 Å². The number of nitrogens with one attached hydrogen (secondary N) is 1. The second kappa shape index (κ2) is 6.71. The van der Waals surface area contributed by atoms with E-state index in [9.17, 15) is 13.9 Å². The fourth-order valence-electron chi connectivity index (χ4n) is 3.11. The third kappa shape index (κ3) is 3.49. The highest BCUT2D eigenvalue weighted by Gasteiger charge is 2.31. The van der Waals surface area contributed by atoms with E-state index in [1.807, 2.05) is 0 Å². The van der Waals surface area contributed by atoms with Gasteiger partial charge in [0.05, 0.1) is 16.6 Å².